The predicted octanol–water partition coefficient (Wildman–Crippen LogP) is 12.3. The third-order valence-electron chi connectivity index (χ3n) is 9.56. The summed E-state index contributed by atoms with van der Waals surface area (Å²) < 4.78 is 2.38. The van der Waals surface area contributed by atoms with E-state index < -0.39 is 0 Å². The fraction of sp³-hybridized carbons (Fsp3) is 0.0213. The highest BCUT2D eigenvalue weighted by Gasteiger charge is 2.30. The minimum Gasteiger partial charge on any atom is -0.309 e. The third kappa shape index (κ3) is 5.60. The van der Waals surface area contributed by atoms with E-state index in [0.29, 0.717) is 6.54 Å². The number of nitrogens with zero attached hydrogens (tertiary/aromatic N) is 3. The smallest absolute Gasteiger partial charge is 0.0856 e. The van der Waals surface area contributed by atoms with Gasteiger partial charge in [-0.25, -0.2) is 0 Å². The summed E-state index contributed by atoms with van der Waals surface area (Å²) in [5.41, 5.74) is 13.2. The Morgan fingerprint density at radius 2 is 1.20 bits per heavy atom. The molecule has 51 heavy (non-hydrogen) atoms. The molecule has 2 heterocycles. The third-order valence-corrected chi connectivity index (χ3v) is 10.7. The molecule has 1 aromatic heterocycles. The number of hydrogen-bond acceptors (Lipinski definition) is 3. The molecule has 0 amide bonds. The SMILES string of the molecule is C=N/C(=C1/Sc2cccc(-c3cccc(-n4c5ccccc5c5ccccc54)c3)c2C1=NCc1ccccc1)c1cccc(-c2ccccc2)c1. The predicted molar refractivity (Wildman–Crippen MR) is 217 cm³/mol. The normalized spacial score (nSPS) is 14.2. The molecular weight excluding hydrogens is 639 g/mol. The van der Waals surface area contributed by atoms with Crippen molar-refractivity contribution in [1.82, 2.24) is 4.57 Å². The van der Waals surface area contributed by atoms with Crippen LogP contribution in [0.3, 0.4) is 0 Å². The van der Waals surface area contributed by atoms with E-state index in [2.05, 4.69) is 175 Å². The molecule has 9 rings (SSSR count). The standard InChI is InChI=1S/C47H33N3S/c1-48-45(36-21-12-19-34(29-36)33-17-6-3-7-18-33)47-46(49-31-32-15-4-2-5-16-32)44-38(25-14-28-43(44)51-47)35-20-13-22-37(30-35)50-41-26-10-8-23-39(41)40-24-9-11-27-42(40)50/h2-30H,1,31H2/b47-45+,49-46?. The van der Waals surface area contributed by atoms with Gasteiger partial charge in [-0.15, -0.1) is 0 Å². The second kappa shape index (κ2) is 13.2. The Morgan fingerprint density at radius 3 is 1.94 bits per heavy atom. The van der Waals surface area contributed by atoms with Crippen LogP contribution in [0.1, 0.15) is 16.7 Å². The molecule has 0 saturated heterocycles. The van der Waals surface area contributed by atoms with E-state index in [1.54, 1.807) is 11.8 Å². The Morgan fingerprint density at radius 1 is 0.569 bits per heavy atom. The van der Waals surface area contributed by atoms with Crippen LogP contribution < -0.4 is 0 Å². The summed E-state index contributed by atoms with van der Waals surface area (Å²) in [7, 11) is 0. The highest BCUT2D eigenvalue weighted by Crippen LogP contribution is 2.48. The van der Waals surface area contributed by atoms with Crippen molar-refractivity contribution in [2.24, 2.45) is 9.98 Å². The lowest BCUT2D eigenvalue weighted by Crippen LogP contribution is -2.04. The van der Waals surface area contributed by atoms with Crippen LogP contribution in [0.15, 0.2) is 196 Å². The quantitative estimate of drug-likeness (QED) is 0.155. The number of hydrogen-bond donors (Lipinski definition) is 0. The average molecular weight is 672 g/mol. The molecule has 242 valence electrons. The summed E-state index contributed by atoms with van der Waals surface area (Å²) in [6.45, 7) is 4.65. The van der Waals surface area contributed by atoms with Crippen LogP contribution in [0.5, 0.6) is 0 Å². The number of aromatic nitrogens is 1. The van der Waals surface area contributed by atoms with Gasteiger partial charge in [0.2, 0.25) is 0 Å². The maximum absolute atomic E-state index is 5.38. The number of fused-ring (bicyclic) bond motifs is 4. The van der Waals surface area contributed by atoms with Gasteiger partial charge < -0.3 is 4.57 Å². The monoisotopic (exact) mass is 671 g/mol. The largest absolute Gasteiger partial charge is 0.309 e. The van der Waals surface area contributed by atoms with Crippen molar-refractivity contribution in [3.63, 3.8) is 0 Å². The van der Waals surface area contributed by atoms with E-state index in [0.717, 1.165) is 60.3 Å². The number of benzene rings is 7. The summed E-state index contributed by atoms with van der Waals surface area (Å²) >= 11 is 1.73. The molecule has 0 atom stereocenters. The number of para-hydroxylation sites is 2. The van der Waals surface area contributed by atoms with E-state index in [9.17, 15) is 0 Å². The summed E-state index contributed by atoms with van der Waals surface area (Å²) in [5.74, 6) is 0. The van der Waals surface area contributed by atoms with Crippen molar-refractivity contribution in [2.75, 3.05) is 0 Å². The lowest BCUT2D eigenvalue weighted by Gasteiger charge is -2.14. The van der Waals surface area contributed by atoms with Gasteiger partial charge in [0.25, 0.3) is 0 Å². The molecule has 4 heteroatoms. The summed E-state index contributed by atoms with van der Waals surface area (Å²) in [6.07, 6.45) is 0. The Balaban J connectivity index is 1.21. The number of allylic oxidation sites excluding steroid dienone is 1. The zero-order chi connectivity index (χ0) is 34.1. The van der Waals surface area contributed by atoms with E-state index >= 15 is 0 Å². The molecule has 0 unspecified atom stereocenters. The first-order valence-corrected chi connectivity index (χ1v) is 17.9. The number of thioether (sulfide) groups is 1. The fourth-order valence-electron chi connectivity index (χ4n) is 7.22. The number of rotatable bonds is 7. The maximum Gasteiger partial charge on any atom is 0.0856 e. The second-order valence-electron chi connectivity index (χ2n) is 12.6. The van der Waals surface area contributed by atoms with E-state index in [-0.39, 0.29) is 0 Å². The first-order valence-electron chi connectivity index (χ1n) is 17.1. The van der Waals surface area contributed by atoms with Crippen LogP contribution in [0.25, 0.3) is 55.4 Å². The van der Waals surface area contributed by atoms with Crippen LogP contribution >= 0.6 is 11.8 Å². The van der Waals surface area contributed by atoms with Crippen LogP contribution in [0, 0.1) is 0 Å². The first-order chi connectivity index (χ1) is 25.3. The van der Waals surface area contributed by atoms with Crippen molar-refractivity contribution in [2.45, 2.75) is 11.4 Å². The van der Waals surface area contributed by atoms with E-state index in [1.165, 1.54) is 27.4 Å². The molecule has 0 bridgehead atoms. The average Bonchev–Trinajstić information content (AvgIpc) is 3.74. The van der Waals surface area contributed by atoms with Crippen LogP contribution in [0.4, 0.5) is 0 Å². The summed E-state index contributed by atoms with van der Waals surface area (Å²) in [6, 6.07) is 62.3. The van der Waals surface area contributed by atoms with Gasteiger partial charge in [-0.05, 0) is 70.9 Å². The lowest BCUT2D eigenvalue weighted by atomic mass is 9.94. The molecule has 0 N–H and O–H groups in total. The molecule has 1 aliphatic heterocycles. The second-order valence-corrected chi connectivity index (χ2v) is 13.7. The molecule has 0 saturated carbocycles. The van der Waals surface area contributed by atoms with Gasteiger partial charge in [-0.1, -0.05) is 151 Å². The van der Waals surface area contributed by atoms with Gasteiger partial charge in [-0.3, -0.25) is 9.98 Å². The lowest BCUT2D eigenvalue weighted by molar-refractivity contribution is 1.07. The van der Waals surface area contributed by atoms with Crippen molar-refractivity contribution < 1.29 is 0 Å². The minimum atomic E-state index is 0.559. The van der Waals surface area contributed by atoms with Gasteiger partial charge in [0.1, 0.15) is 0 Å². The molecular formula is C47H33N3S. The van der Waals surface area contributed by atoms with Crippen molar-refractivity contribution >= 4 is 51.7 Å². The van der Waals surface area contributed by atoms with Crippen molar-refractivity contribution in [3.05, 3.63) is 198 Å². The van der Waals surface area contributed by atoms with Crippen LogP contribution in [-0.4, -0.2) is 17.0 Å². The minimum absolute atomic E-state index is 0.559. The van der Waals surface area contributed by atoms with Gasteiger partial charge >= 0.3 is 0 Å². The molecule has 1 aliphatic rings. The molecule has 3 nitrogen and oxygen atoms in total. The zero-order valence-corrected chi connectivity index (χ0v) is 28.7. The highest BCUT2D eigenvalue weighted by molar-refractivity contribution is 8.05. The molecule has 7 aromatic carbocycles. The van der Waals surface area contributed by atoms with Gasteiger partial charge in [0, 0.05) is 32.5 Å². The zero-order valence-electron chi connectivity index (χ0n) is 27.9. The van der Waals surface area contributed by atoms with E-state index in [4.69, 9.17) is 9.98 Å². The Hall–Kier alpha value is -6.23. The number of aliphatic imine (C=N–C) groups is 2. The Labute approximate surface area is 302 Å². The Kier molecular flexibility index (Phi) is 8.00. The Bertz CT molecular complexity index is 2600. The molecule has 0 spiro atoms. The summed E-state index contributed by atoms with van der Waals surface area (Å²) in [5, 5.41) is 2.50. The van der Waals surface area contributed by atoms with Gasteiger partial charge in [0.15, 0.2) is 0 Å². The topological polar surface area (TPSA) is 29.6 Å². The molecule has 0 aliphatic carbocycles. The van der Waals surface area contributed by atoms with Crippen molar-refractivity contribution in [1.29, 1.82) is 0 Å². The fourth-order valence-corrected chi connectivity index (χ4v) is 8.44. The molecule has 8 aromatic rings. The van der Waals surface area contributed by atoms with Gasteiger partial charge in [0.05, 0.1) is 33.9 Å². The van der Waals surface area contributed by atoms with E-state index in [1.807, 2.05) is 12.1 Å². The summed E-state index contributed by atoms with van der Waals surface area (Å²) in [4.78, 5) is 12.3. The van der Waals surface area contributed by atoms with Crippen molar-refractivity contribution in [3.8, 4) is 27.9 Å². The molecule has 0 radical (unpaired) electrons. The highest BCUT2D eigenvalue weighted by atomic mass is 32.2. The van der Waals surface area contributed by atoms with Gasteiger partial charge in [-0.2, -0.15) is 0 Å². The van der Waals surface area contributed by atoms with Crippen LogP contribution in [0.2, 0.25) is 0 Å². The molecule has 0 fully saturated rings. The van der Waals surface area contributed by atoms with Crippen LogP contribution in [-0.2, 0) is 6.54 Å². The first kappa shape index (κ1) is 30.8. The maximum atomic E-state index is 5.38.